The third-order valence-electron chi connectivity index (χ3n) is 5.36. The minimum absolute atomic E-state index is 0.127. The monoisotopic (exact) mass is 236 g/mol. The van der Waals surface area contributed by atoms with Crippen molar-refractivity contribution in [3.8, 4) is 0 Å². The summed E-state index contributed by atoms with van der Waals surface area (Å²) in [6.45, 7) is 1.80. The average Bonchev–Trinajstić information content (AvgIpc) is 2.26. The van der Waals surface area contributed by atoms with E-state index >= 15 is 0 Å². The van der Waals surface area contributed by atoms with Gasteiger partial charge >= 0.3 is 0 Å². The van der Waals surface area contributed by atoms with Crippen LogP contribution in [0.4, 0.5) is 0 Å². The maximum atomic E-state index is 12.1. The van der Waals surface area contributed by atoms with Gasteiger partial charge in [0.2, 0.25) is 5.91 Å². The maximum Gasteiger partial charge on any atom is 0.239 e. The van der Waals surface area contributed by atoms with Gasteiger partial charge in [0, 0.05) is 13.1 Å². The number of rotatable bonds is 2. The van der Waals surface area contributed by atoms with Gasteiger partial charge in [-0.2, -0.15) is 0 Å². The smallest absolute Gasteiger partial charge is 0.239 e. The van der Waals surface area contributed by atoms with E-state index in [1.54, 1.807) is 6.92 Å². The van der Waals surface area contributed by atoms with Gasteiger partial charge in [0.05, 0.1) is 6.04 Å². The van der Waals surface area contributed by atoms with Crippen LogP contribution in [-0.4, -0.2) is 29.9 Å². The molecule has 1 amide bonds. The van der Waals surface area contributed by atoms with Crippen LogP contribution in [0.2, 0.25) is 0 Å². The molecule has 0 saturated heterocycles. The molecule has 0 spiro atoms. The van der Waals surface area contributed by atoms with Crippen molar-refractivity contribution in [1.29, 1.82) is 0 Å². The first kappa shape index (κ1) is 11.5. The minimum atomic E-state index is -0.350. The molecular weight excluding hydrogens is 212 g/mol. The van der Waals surface area contributed by atoms with Gasteiger partial charge in [-0.25, -0.2) is 0 Å². The van der Waals surface area contributed by atoms with E-state index in [1.807, 2.05) is 11.9 Å². The lowest BCUT2D eigenvalue weighted by atomic mass is 9.54. The Balaban J connectivity index is 1.77. The summed E-state index contributed by atoms with van der Waals surface area (Å²) in [6.07, 6.45) is 6.88. The fourth-order valence-corrected chi connectivity index (χ4v) is 5.00. The van der Waals surface area contributed by atoms with Gasteiger partial charge in [-0.3, -0.25) is 4.79 Å². The van der Waals surface area contributed by atoms with Crippen LogP contribution in [0, 0.1) is 23.7 Å². The largest absolute Gasteiger partial charge is 0.341 e. The van der Waals surface area contributed by atoms with Crippen molar-refractivity contribution >= 4 is 5.91 Å². The normalized spacial score (nSPS) is 44.8. The average molecular weight is 236 g/mol. The first-order valence-corrected chi connectivity index (χ1v) is 7.08. The maximum absolute atomic E-state index is 12.1. The van der Waals surface area contributed by atoms with Crippen molar-refractivity contribution in [3.05, 3.63) is 0 Å². The van der Waals surface area contributed by atoms with Crippen LogP contribution in [0.5, 0.6) is 0 Å². The Morgan fingerprint density at radius 3 is 2.00 bits per heavy atom. The third kappa shape index (κ3) is 1.79. The van der Waals surface area contributed by atoms with Gasteiger partial charge in [-0.15, -0.1) is 0 Å². The summed E-state index contributed by atoms with van der Waals surface area (Å²) in [7, 11) is 1.97. The topological polar surface area (TPSA) is 46.3 Å². The first-order chi connectivity index (χ1) is 8.06. The Hall–Kier alpha value is -0.570. The molecule has 0 aromatic carbocycles. The molecule has 4 saturated carbocycles. The van der Waals surface area contributed by atoms with Crippen LogP contribution < -0.4 is 5.73 Å². The number of hydrogen-bond donors (Lipinski definition) is 1. The summed E-state index contributed by atoms with van der Waals surface area (Å²) < 4.78 is 0. The van der Waals surface area contributed by atoms with Gasteiger partial charge in [0.25, 0.3) is 0 Å². The molecule has 4 rings (SSSR count). The lowest BCUT2D eigenvalue weighted by Crippen LogP contribution is -2.58. The zero-order chi connectivity index (χ0) is 12.2. The van der Waals surface area contributed by atoms with Crippen LogP contribution in [0.25, 0.3) is 0 Å². The highest BCUT2D eigenvalue weighted by Crippen LogP contribution is 2.54. The molecule has 17 heavy (non-hydrogen) atoms. The molecule has 4 bridgehead atoms. The van der Waals surface area contributed by atoms with Crippen LogP contribution in [0.3, 0.4) is 0 Å². The molecule has 4 aliphatic carbocycles. The Labute approximate surface area is 104 Å². The first-order valence-electron chi connectivity index (χ1n) is 7.08. The standard InChI is InChI=1S/C14H24N2O/c1-8(15)14(17)16(2)13-11-4-9-3-10(6-11)7-12(13)5-9/h8-13H,3-7,15H2,1-2H3/t8-,9?,10?,11?,12?,13?/m1/s1. The zero-order valence-corrected chi connectivity index (χ0v) is 10.9. The molecule has 0 aromatic rings. The van der Waals surface area contributed by atoms with E-state index in [1.165, 1.54) is 32.1 Å². The molecule has 1 atom stereocenters. The summed E-state index contributed by atoms with van der Waals surface area (Å²) in [6, 6.07) is 0.137. The fourth-order valence-electron chi connectivity index (χ4n) is 5.00. The van der Waals surface area contributed by atoms with Crippen LogP contribution in [0.15, 0.2) is 0 Å². The molecule has 96 valence electrons. The van der Waals surface area contributed by atoms with E-state index in [4.69, 9.17) is 5.73 Å². The summed E-state index contributed by atoms with van der Waals surface area (Å²) >= 11 is 0. The molecule has 0 unspecified atom stereocenters. The van der Waals surface area contributed by atoms with Gasteiger partial charge in [0.1, 0.15) is 0 Å². The van der Waals surface area contributed by atoms with Crippen LogP contribution >= 0.6 is 0 Å². The molecule has 0 aromatic heterocycles. The number of carbonyl (C=O) groups excluding carboxylic acids is 1. The second-order valence-corrected chi connectivity index (χ2v) is 6.66. The van der Waals surface area contributed by atoms with E-state index in [-0.39, 0.29) is 11.9 Å². The van der Waals surface area contributed by atoms with Crippen molar-refractivity contribution in [2.24, 2.45) is 29.4 Å². The van der Waals surface area contributed by atoms with Crippen LogP contribution in [-0.2, 0) is 4.79 Å². The molecule has 3 heteroatoms. The van der Waals surface area contributed by atoms with E-state index in [0.29, 0.717) is 6.04 Å². The predicted octanol–water partition coefficient (Wildman–Crippen LogP) is 1.62. The highest BCUT2D eigenvalue weighted by molar-refractivity contribution is 5.81. The molecule has 3 nitrogen and oxygen atoms in total. The zero-order valence-electron chi connectivity index (χ0n) is 10.9. The number of amides is 1. The van der Waals surface area contributed by atoms with Gasteiger partial charge in [0.15, 0.2) is 0 Å². The number of likely N-dealkylation sites (N-methyl/N-ethyl adjacent to an activating group) is 1. The lowest BCUT2D eigenvalue weighted by Gasteiger charge is -2.56. The van der Waals surface area contributed by atoms with Crippen LogP contribution in [0.1, 0.15) is 39.0 Å². The highest BCUT2D eigenvalue weighted by atomic mass is 16.2. The van der Waals surface area contributed by atoms with Gasteiger partial charge in [-0.1, -0.05) is 0 Å². The Morgan fingerprint density at radius 2 is 1.59 bits per heavy atom. The number of nitrogens with zero attached hydrogens (tertiary/aromatic N) is 1. The molecule has 0 heterocycles. The van der Waals surface area contributed by atoms with E-state index in [9.17, 15) is 4.79 Å². The molecular formula is C14H24N2O. The van der Waals surface area contributed by atoms with Crippen molar-refractivity contribution in [3.63, 3.8) is 0 Å². The number of hydrogen-bond acceptors (Lipinski definition) is 2. The fraction of sp³-hybridized carbons (Fsp3) is 0.929. The summed E-state index contributed by atoms with van der Waals surface area (Å²) in [5, 5.41) is 0. The van der Waals surface area contributed by atoms with Crippen molar-refractivity contribution in [2.45, 2.75) is 51.1 Å². The van der Waals surface area contributed by atoms with Crippen molar-refractivity contribution < 1.29 is 4.79 Å². The molecule has 0 radical (unpaired) electrons. The number of nitrogens with two attached hydrogens (primary N) is 1. The summed E-state index contributed by atoms with van der Waals surface area (Å²) in [5.74, 6) is 3.58. The minimum Gasteiger partial charge on any atom is -0.341 e. The summed E-state index contributed by atoms with van der Waals surface area (Å²) in [4.78, 5) is 14.1. The Morgan fingerprint density at radius 1 is 1.12 bits per heavy atom. The van der Waals surface area contributed by atoms with Crippen molar-refractivity contribution in [1.82, 2.24) is 4.90 Å². The van der Waals surface area contributed by atoms with E-state index in [2.05, 4.69) is 0 Å². The number of carbonyl (C=O) groups is 1. The SMILES string of the molecule is C[C@@H](N)C(=O)N(C)C1C2CC3CC(C2)CC1C3. The van der Waals surface area contributed by atoms with Crippen molar-refractivity contribution in [2.75, 3.05) is 7.05 Å². The summed E-state index contributed by atoms with van der Waals surface area (Å²) in [5.41, 5.74) is 5.74. The quantitative estimate of drug-likeness (QED) is 0.792. The molecule has 0 aliphatic heterocycles. The Kier molecular flexibility index (Phi) is 2.69. The van der Waals surface area contributed by atoms with Gasteiger partial charge in [-0.05, 0) is 62.7 Å². The van der Waals surface area contributed by atoms with E-state index < -0.39 is 0 Å². The predicted molar refractivity (Wildman–Crippen MR) is 67.3 cm³/mol. The van der Waals surface area contributed by atoms with E-state index in [0.717, 1.165) is 23.7 Å². The van der Waals surface area contributed by atoms with Gasteiger partial charge < -0.3 is 10.6 Å². The molecule has 4 fully saturated rings. The second kappa shape index (κ2) is 3.98. The third-order valence-corrected chi connectivity index (χ3v) is 5.36. The lowest BCUT2D eigenvalue weighted by molar-refractivity contribution is -0.142. The highest BCUT2D eigenvalue weighted by Gasteiger charge is 2.50. The molecule has 4 aliphatic rings. The Bertz CT molecular complexity index is 298. The second-order valence-electron chi connectivity index (χ2n) is 6.66. The molecule has 2 N–H and O–H groups in total.